The lowest BCUT2D eigenvalue weighted by atomic mass is 10.0. The molecule has 10 heterocycles. The van der Waals surface area contributed by atoms with Crippen molar-refractivity contribution < 1.29 is 23.1 Å². The summed E-state index contributed by atoms with van der Waals surface area (Å²) < 4.78 is 22.6. The molecule has 22 rings (SSSR count). The van der Waals surface area contributed by atoms with E-state index < -0.39 is 0 Å². The van der Waals surface area contributed by atoms with Gasteiger partial charge in [0.2, 0.25) is 0 Å². The van der Waals surface area contributed by atoms with Crippen LogP contribution in [-0.4, -0.2) is 45.7 Å². The molecule has 13 nitrogen and oxygen atoms in total. The summed E-state index contributed by atoms with van der Waals surface area (Å²) in [4.78, 5) is 9.19. The van der Waals surface area contributed by atoms with E-state index in [0.29, 0.717) is 6.17 Å². The number of fused-ring (bicyclic) bond motifs is 23. The lowest BCUT2D eigenvalue weighted by Crippen LogP contribution is -2.36. The third kappa shape index (κ3) is 30.4. The Morgan fingerprint density at radius 3 is 1.12 bits per heavy atom. The van der Waals surface area contributed by atoms with E-state index in [1.165, 1.54) is 171 Å². The van der Waals surface area contributed by atoms with Gasteiger partial charge in [0.25, 0.3) is 17.1 Å². The minimum absolute atomic E-state index is 0.413. The Bertz CT molecular complexity index is 7120. The van der Waals surface area contributed by atoms with Gasteiger partial charge in [0.05, 0.1) is 49.2 Å². The van der Waals surface area contributed by atoms with Gasteiger partial charge in [-0.05, 0) is 178 Å². The van der Waals surface area contributed by atoms with Crippen LogP contribution in [-0.2, 0) is 35.2 Å². The van der Waals surface area contributed by atoms with Crippen molar-refractivity contribution in [2.75, 3.05) is 11.9 Å². The van der Waals surface area contributed by atoms with E-state index in [0.717, 1.165) is 5.52 Å². The number of rotatable bonds is 4. The van der Waals surface area contributed by atoms with Gasteiger partial charge < -0.3 is 9.80 Å². The highest BCUT2D eigenvalue weighted by molar-refractivity contribution is 6.15. The predicted octanol–water partition coefficient (Wildman–Crippen LogP) is 36.9. The second kappa shape index (κ2) is 71.5. The number of pyridine rings is 4. The lowest BCUT2D eigenvalue weighted by Gasteiger charge is -2.28. The molecular weight excluding hydrogens is 1790 g/mol. The van der Waals surface area contributed by atoms with Crippen LogP contribution in [0.3, 0.4) is 0 Å². The van der Waals surface area contributed by atoms with Crippen LogP contribution in [0.25, 0.3) is 138 Å². The molecule has 13 heteroatoms. The number of hydrogen-bond donors (Lipinski definition) is 0. The Morgan fingerprint density at radius 2 is 0.646 bits per heavy atom. The van der Waals surface area contributed by atoms with Crippen molar-refractivity contribution in [3.05, 3.63) is 374 Å². The van der Waals surface area contributed by atoms with Gasteiger partial charge in [0, 0.05) is 70.4 Å². The van der Waals surface area contributed by atoms with Gasteiger partial charge in [-0.25, -0.2) is 13.7 Å². The van der Waals surface area contributed by atoms with Crippen LogP contribution in [0.1, 0.15) is 262 Å². The average molecular weight is 1990 g/mol. The number of hydrogen-bond acceptors (Lipinski definition) is 3. The summed E-state index contributed by atoms with van der Waals surface area (Å²) in [6, 6.07) is 107. The van der Waals surface area contributed by atoms with Gasteiger partial charge in [-0.1, -0.05) is 422 Å². The second-order valence-electron chi connectivity index (χ2n) is 30.2. The number of aryl methyl sites for hydroxylation is 11. The number of anilines is 1. The van der Waals surface area contributed by atoms with Gasteiger partial charge in [-0.3, -0.25) is 4.98 Å². The Labute approximate surface area is 890 Å². The maximum absolute atomic E-state index is 4.70. The molecule has 0 bridgehead atoms. The van der Waals surface area contributed by atoms with Crippen LogP contribution < -0.4 is 28.0 Å². The van der Waals surface area contributed by atoms with Crippen LogP contribution in [0.2, 0.25) is 0 Å². The van der Waals surface area contributed by atoms with E-state index in [1.807, 2.05) is 247 Å². The Hall–Kier alpha value is -14.0. The van der Waals surface area contributed by atoms with Crippen molar-refractivity contribution in [1.82, 2.24) is 32.4 Å². The SMILES string of the molecule is CC.CC.CC.CC.CC.CC.CC.CC.CC.CC.CC.CC.CC.CC.CC.CC.Cc1cccc2c3ccccc3c3cc[n+](C)n3c12.Cc1cccc2c3ccccc3n3c4ccccc4[n+](C)c3c12.Cc1ccccc1-c1n(-c2ccccc2)c2ccccc2[n+]1C.Cc1ccccc1-n1ccc[n+]1C.Cc1ccccc1N1C=CN(C)[C@@H]1C.Cc1ccnc2c3ccccc3n3c4ccccc4[n+](C)c3c12. The van der Waals surface area contributed by atoms with Gasteiger partial charge >= 0.3 is 0 Å². The first-order valence-electron chi connectivity index (χ1n) is 55.5. The summed E-state index contributed by atoms with van der Waals surface area (Å²) in [5, 5.41) is 10.3. The maximum Gasteiger partial charge on any atom is 0.297 e. The number of aromatic nitrogens is 11. The molecule has 0 unspecified atom stereocenters. The molecule has 12 aromatic carbocycles. The zero-order chi connectivity index (χ0) is 111. The van der Waals surface area contributed by atoms with E-state index in [2.05, 4.69) is 461 Å². The molecule has 0 N–H and O–H groups in total. The van der Waals surface area contributed by atoms with Crippen LogP contribution in [0, 0.1) is 41.5 Å². The van der Waals surface area contributed by atoms with E-state index in [-0.39, 0.29) is 0 Å². The summed E-state index contributed by atoms with van der Waals surface area (Å²) in [5.74, 6) is 1.20. The fourth-order valence-corrected chi connectivity index (χ4v) is 17.3. The Balaban J connectivity index is 0.000000841. The molecule has 0 fully saturated rings. The molecule has 1 aliphatic heterocycles. The molecule has 0 aliphatic carbocycles. The van der Waals surface area contributed by atoms with Crippen molar-refractivity contribution in [3.8, 4) is 22.8 Å². The van der Waals surface area contributed by atoms with Gasteiger partial charge in [-0.15, -0.1) is 18.6 Å². The first-order valence-corrected chi connectivity index (χ1v) is 55.5. The fourth-order valence-electron chi connectivity index (χ4n) is 17.3. The van der Waals surface area contributed by atoms with Gasteiger partial charge in [0.15, 0.2) is 59.6 Å². The summed E-state index contributed by atoms with van der Waals surface area (Å²) in [6.07, 6.45) is 12.8. The highest BCUT2D eigenvalue weighted by atomic mass is 15.4. The highest BCUT2D eigenvalue weighted by Gasteiger charge is 2.30. The monoisotopic (exact) mass is 1980 g/mol. The first-order chi connectivity index (χ1) is 72.1. The molecule has 0 saturated heterocycles. The number of nitrogens with zero attached hydrogens (tertiary/aromatic N) is 13. The summed E-state index contributed by atoms with van der Waals surface area (Å²) in [5.41, 5.74) is 28.7. The van der Waals surface area contributed by atoms with E-state index in [9.17, 15) is 0 Å². The van der Waals surface area contributed by atoms with E-state index in [4.69, 9.17) is 4.98 Å². The number of imidazole rings is 3. The zero-order valence-electron chi connectivity index (χ0n) is 99.7. The molecule has 1 aliphatic rings. The molecule has 0 amide bonds. The minimum atomic E-state index is 0.413. The molecule has 788 valence electrons. The normalized spacial score (nSPS) is 10.5. The summed E-state index contributed by atoms with van der Waals surface area (Å²) >= 11 is 0. The molecular formula is C134H192N13+5. The topological polar surface area (TPSA) is 61.9 Å². The lowest BCUT2D eigenvalue weighted by molar-refractivity contribution is -0.744. The zero-order valence-corrected chi connectivity index (χ0v) is 99.7. The third-order valence-corrected chi connectivity index (χ3v) is 23.2. The van der Waals surface area contributed by atoms with Crippen molar-refractivity contribution in [2.24, 2.45) is 35.2 Å². The van der Waals surface area contributed by atoms with Gasteiger partial charge in [0.1, 0.15) is 39.6 Å². The Kier molecular flexibility index (Phi) is 63.7. The number of benzene rings is 12. The first kappa shape index (κ1) is 131. The molecule has 147 heavy (non-hydrogen) atoms. The van der Waals surface area contributed by atoms with Crippen LogP contribution >= 0.6 is 0 Å². The van der Waals surface area contributed by atoms with Crippen molar-refractivity contribution >= 4 is 121 Å². The molecule has 21 aromatic rings. The van der Waals surface area contributed by atoms with Crippen LogP contribution in [0.15, 0.2) is 341 Å². The fraction of sp³-hybridized carbons (Fsp3) is 0.343. The van der Waals surface area contributed by atoms with E-state index >= 15 is 0 Å². The standard InChI is InChI=1S/C21H17N2.C21H19N2.C20H16N3.C17H15N2.C12H16N2.C11H13N2.16C2H6/c1-14-8-7-10-16-15-9-3-4-11-17(15)23-19-13-6-5-12-18(19)22(2)21(23)20(14)16;1-16-10-6-7-13-18(16)21-22(2)19-14-8-9-15-20(19)23(21)17-11-4-3-5-12-17;1-13-11-12-21-19-14-7-3-4-8-15(14)23-17-10-6-5-9-16(17)22(2)20(23)18(13)19;1-12-6-5-9-15-13-7-3-4-8-14(13)16-10-11-18(2)19(16)17(12)15;1-10-6-4-5-7-12(10)14-9-8-13(3)11(14)2;1-10-6-3-4-7-11(10)13-9-5-8-12(13)2;16*1-2/h3-13H,1-2H3;3-15H,1-2H3;3-12H,1-2H3;3-11H,1-2H3;4-9,11H,1-3H3;3-9H,1-2H3;16*1-2H3/q4*+1;;+1;;;;;;;;;;;;;;;;/t;;;;11-;;;;;;;;;;;;;;;;;/m....0................./s1. The molecule has 9 aromatic heterocycles. The van der Waals surface area contributed by atoms with Crippen molar-refractivity contribution in [3.63, 3.8) is 0 Å². The highest BCUT2D eigenvalue weighted by Crippen LogP contribution is 2.37. The van der Waals surface area contributed by atoms with Crippen molar-refractivity contribution in [2.45, 2.75) is 276 Å². The summed E-state index contributed by atoms with van der Waals surface area (Å²) in [7, 11) is 12.7. The second-order valence-corrected chi connectivity index (χ2v) is 30.2. The van der Waals surface area contributed by atoms with Gasteiger partial charge in [-0.2, -0.15) is 13.4 Å². The number of para-hydroxylation sites is 12. The van der Waals surface area contributed by atoms with Crippen molar-refractivity contribution in [1.29, 1.82) is 0 Å². The smallest absolute Gasteiger partial charge is 0.297 e. The quantitative estimate of drug-likeness (QED) is 0.130. The average Bonchev–Trinajstić information content (AvgIpc) is 1.57. The molecule has 0 saturated carbocycles. The van der Waals surface area contributed by atoms with Crippen LogP contribution in [0.5, 0.6) is 0 Å². The minimum Gasteiger partial charge on any atom is -0.359 e. The molecule has 0 radical (unpaired) electrons. The molecule has 1 atom stereocenters. The maximum atomic E-state index is 4.70. The largest absolute Gasteiger partial charge is 0.359 e. The summed E-state index contributed by atoms with van der Waals surface area (Å²) in [6.45, 7) is 79.2. The molecule has 0 spiro atoms. The third-order valence-electron chi connectivity index (χ3n) is 23.2. The Morgan fingerprint density at radius 1 is 0.272 bits per heavy atom. The van der Waals surface area contributed by atoms with E-state index in [1.54, 1.807) is 0 Å². The predicted molar refractivity (Wildman–Crippen MR) is 656 cm³/mol. The van der Waals surface area contributed by atoms with Crippen LogP contribution in [0.4, 0.5) is 5.69 Å².